The van der Waals surface area contributed by atoms with E-state index >= 15 is 0 Å². The van der Waals surface area contributed by atoms with Gasteiger partial charge >= 0.3 is 0 Å². The minimum absolute atomic E-state index is 0.00500. The number of nitrogens with one attached hydrogen (secondary N) is 2. The molecule has 1 fully saturated rings. The first-order valence-corrected chi connectivity index (χ1v) is 12.8. The molecule has 0 bridgehead atoms. The molecule has 2 aliphatic heterocycles. The van der Waals surface area contributed by atoms with Crippen molar-refractivity contribution in [2.45, 2.75) is 63.1 Å². The van der Waals surface area contributed by atoms with E-state index in [0.29, 0.717) is 6.04 Å². The van der Waals surface area contributed by atoms with Crippen LogP contribution in [0.3, 0.4) is 0 Å². The number of hydrogen-bond donors (Lipinski definition) is 2. The molecule has 0 aromatic heterocycles. The molecule has 3 unspecified atom stereocenters. The minimum atomic E-state index is -0.130. The lowest BCUT2D eigenvalue weighted by atomic mass is 9.94. The number of aryl methyl sites for hydroxylation is 1. The maximum atomic E-state index is 14.6. The van der Waals surface area contributed by atoms with Gasteiger partial charge in [-0.15, -0.1) is 0 Å². The fraction of sp³-hybridized carbons (Fsp3) is 0.400. The third kappa shape index (κ3) is 5.68. The van der Waals surface area contributed by atoms with E-state index in [9.17, 15) is 4.39 Å². The van der Waals surface area contributed by atoms with Gasteiger partial charge in [0.1, 0.15) is 11.6 Å². The van der Waals surface area contributed by atoms with Crippen molar-refractivity contribution < 1.29 is 9.13 Å². The maximum absolute atomic E-state index is 14.6. The van der Waals surface area contributed by atoms with Crippen LogP contribution < -0.4 is 15.4 Å². The van der Waals surface area contributed by atoms with Crippen LogP contribution in [0, 0.1) is 5.82 Å². The van der Waals surface area contributed by atoms with Crippen molar-refractivity contribution in [3.63, 3.8) is 0 Å². The summed E-state index contributed by atoms with van der Waals surface area (Å²) in [4.78, 5) is 0. The van der Waals surface area contributed by atoms with Crippen molar-refractivity contribution >= 4 is 0 Å². The van der Waals surface area contributed by atoms with Crippen LogP contribution in [0.2, 0.25) is 0 Å². The smallest absolute Gasteiger partial charge is 0.127 e. The molecule has 0 saturated carbocycles. The van der Waals surface area contributed by atoms with Gasteiger partial charge in [-0.25, -0.2) is 4.39 Å². The van der Waals surface area contributed by atoms with Crippen molar-refractivity contribution in [1.82, 2.24) is 10.6 Å². The van der Waals surface area contributed by atoms with Crippen LogP contribution in [0.25, 0.3) is 0 Å². The quantitative estimate of drug-likeness (QED) is 0.436. The van der Waals surface area contributed by atoms with E-state index in [1.165, 1.54) is 36.0 Å². The number of halogens is 1. The van der Waals surface area contributed by atoms with E-state index in [1.807, 2.05) is 12.1 Å². The first-order valence-electron chi connectivity index (χ1n) is 12.8. The monoisotopic (exact) mass is 458 g/mol. The molecule has 2 N–H and O–H groups in total. The summed E-state index contributed by atoms with van der Waals surface area (Å²) in [6.45, 7) is 1.88. The lowest BCUT2D eigenvalue weighted by molar-refractivity contribution is 0.268. The third-order valence-electron chi connectivity index (χ3n) is 7.33. The topological polar surface area (TPSA) is 33.3 Å². The van der Waals surface area contributed by atoms with E-state index in [4.69, 9.17) is 4.74 Å². The Kier molecular flexibility index (Phi) is 7.57. The largest absolute Gasteiger partial charge is 0.494 e. The van der Waals surface area contributed by atoms with Crippen LogP contribution in [0.5, 0.6) is 5.75 Å². The molecule has 0 amide bonds. The zero-order chi connectivity index (χ0) is 23.2. The summed E-state index contributed by atoms with van der Waals surface area (Å²) in [5, 5.41) is 7.37. The van der Waals surface area contributed by atoms with Gasteiger partial charge in [-0.2, -0.15) is 0 Å². The summed E-state index contributed by atoms with van der Waals surface area (Å²) >= 11 is 0. The van der Waals surface area contributed by atoms with Crippen LogP contribution in [0.4, 0.5) is 4.39 Å². The lowest BCUT2D eigenvalue weighted by Gasteiger charge is -2.25. The van der Waals surface area contributed by atoms with Crippen molar-refractivity contribution in [2.24, 2.45) is 0 Å². The van der Waals surface area contributed by atoms with Gasteiger partial charge in [-0.1, -0.05) is 61.0 Å². The highest BCUT2D eigenvalue weighted by molar-refractivity contribution is 5.36. The SMILES string of the molecule is Fc1ccccc1C1CCc2ccccc2C(Cc2ccc(OCCC3CCCCN3)cc2)N1. The molecule has 3 aromatic carbocycles. The number of ether oxygens (including phenoxy) is 1. The first-order chi connectivity index (χ1) is 16.8. The van der Waals surface area contributed by atoms with Crippen molar-refractivity contribution in [3.05, 3.63) is 101 Å². The predicted octanol–water partition coefficient (Wildman–Crippen LogP) is 6.30. The van der Waals surface area contributed by atoms with Crippen molar-refractivity contribution in [3.8, 4) is 5.75 Å². The van der Waals surface area contributed by atoms with E-state index < -0.39 is 0 Å². The number of hydrogen-bond acceptors (Lipinski definition) is 3. The highest BCUT2D eigenvalue weighted by atomic mass is 19.1. The second-order valence-corrected chi connectivity index (χ2v) is 9.66. The summed E-state index contributed by atoms with van der Waals surface area (Å²) in [6, 6.07) is 25.0. The van der Waals surface area contributed by atoms with Crippen molar-refractivity contribution in [2.75, 3.05) is 13.2 Å². The van der Waals surface area contributed by atoms with Gasteiger partial charge in [0, 0.05) is 23.7 Å². The molecule has 2 aliphatic rings. The van der Waals surface area contributed by atoms with Crippen LogP contribution in [-0.2, 0) is 12.8 Å². The van der Waals surface area contributed by atoms with E-state index in [0.717, 1.165) is 50.1 Å². The number of benzene rings is 3. The second-order valence-electron chi connectivity index (χ2n) is 9.66. The zero-order valence-electron chi connectivity index (χ0n) is 19.8. The Morgan fingerprint density at radius 2 is 1.65 bits per heavy atom. The molecule has 0 radical (unpaired) electrons. The van der Waals surface area contributed by atoms with Crippen LogP contribution in [-0.4, -0.2) is 19.2 Å². The van der Waals surface area contributed by atoms with E-state index in [2.05, 4.69) is 59.2 Å². The van der Waals surface area contributed by atoms with Crippen LogP contribution in [0.15, 0.2) is 72.8 Å². The van der Waals surface area contributed by atoms with Crippen molar-refractivity contribution in [1.29, 1.82) is 0 Å². The van der Waals surface area contributed by atoms with Gasteiger partial charge < -0.3 is 15.4 Å². The van der Waals surface area contributed by atoms with Gasteiger partial charge in [-0.05, 0) is 80.0 Å². The predicted molar refractivity (Wildman–Crippen MR) is 136 cm³/mol. The molecule has 178 valence electrons. The van der Waals surface area contributed by atoms with Crippen LogP contribution in [0.1, 0.15) is 66.4 Å². The average Bonchev–Trinajstić information content (AvgIpc) is 3.06. The molecule has 1 saturated heterocycles. The second kappa shape index (κ2) is 11.2. The van der Waals surface area contributed by atoms with Gasteiger partial charge in [0.25, 0.3) is 0 Å². The fourth-order valence-electron chi connectivity index (χ4n) is 5.44. The highest BCUT2D eigenvalue weighted by Crippen LogP contribution is 2.33. The highest BCUT2D eigenvalue weighted by Gasteiger charge is 2.26. The Bertz CT molecular complexity index is 1060. The molecule has 3 aromatic rings. The van der Waals surface area contributed by atoms with Gasteiger partial charge in [-0.3, -0.25) is 0 Å². The average molecular weight is 459 g/mol. The molecule has 0 spiro atoms. The third-order valence-corrected chi connectivity index (χ3v) is 7.33. The summed E-state index contributed by atoms with van der Waals surface area (Å²) in [7, 11) is 0. The molecule has 0 aliphatic carbocycles. The zero-order valence-corrected chi connectivity index (χ0v) is 19.8. The molecule has 4 heteroatoms. The molecule has 2 heterocycles. The molecular weight excluding hydrogens is 423 g/mol. The Hall–Kier alpha value is -2.69. The standard InChI is InChI=1S/C30H35FN2O/c31-28-11-4-3-10-27(28)29-17-14-23-7-1-2-9-26(23)30(33-29)21-22-12-15-25(16-13-22)34-20-18-24-8-5-6-19-32-24/h1-4,7,9-13,15-16,24,29-30,32-33H,5-6,8,14,17-21H2. The molecular formula is C30H35FN2O. The van der Waals surface area contributed by atoms with Gasteiger partial charge in [0.2, 0.25) is 0 Å². The number of rotatable bonds is 7. The minimum Gasteiger partial charge on any atom is -0.494 e. The summed E-state index contributed by atoms with van der Waals surface area (Å²) in [5.41, 5.74) is 4.69. The number of fused-ring (bicyclic) bond motifs is 1. The van der Waals surface area contributed by atoms with E-state index in [-0.39, 0.29) is 17.9 Å². The molecule has 3 atom stereocenters. The summed E-state index contributed by atoms with van der Waals surface area (Å²) in [5.74, 6) is 0.799. The van der Waals surface area contributed by atoms with E-state index in [1.54, 1.807) is 12.1 Å². The summed E-state index contributed by atoms with van der Waals surface area (Å²) in [6.07, 6.45) is 7.61. The van der Waals surface area contributed by atoms with Gasteiger partial charge in [0.05, 0.1) is 6.61 Å². The first kappa shape index (κ1) is 23.1. The summed E-state index contributed by atoms with van der Waals surface area (Å²) < 4.78 is 20.6. The normalized spacial score (nSPS) is 22.6. The number of piperidine rings is 1. The Morgan fingerprint density at radius 1 is 0.853 bits per heavy atom. The molecule has 5 rings (SSSR count). The Balaban J connectivity index is 1.26. The van der Waals surface area contributed by atoms with Gasteiger partial charge in [0.15, 0.2) is 0 Å². The lowest BCUT2D eigenvalue weighted by Crippen LogP contribution is -2.35. The Labute approximate surface area is 202 Å². The molecule has 3 nitrogen and oxygen atoms in total. The molecule has 34 heavy (non-hydrogen) atoms. The fourth-order valence-corrected chi connectivity index (χ4v) is 5.44. The van der Waals surface area contributed by atoms with Crippen LogP contribution >= 0.6 is 0 Å². The Morgan fingerprint density at radius 3 is 2.44 bits per heavy atom. The maximum Gasteiger partial charge on any atom is 0.127 e.